The van der Waals surface area contributed by atoms with Crippen LogP contribution in [0.3, 0.4) is 0 Å². The molecule has 2 aliphatic rings. The molecule has 150 valence electrons. The highest BCUT2D eigenvalue weighted by Crippen LogP contribution is 2.43. The Balaban J connectivity index is 2.04. The summed E-state index contributed by atoms with van der Waals surface area (Å²) >= 11 is 0. The molecule has 1 aliphatic heterocycles. The number of likely N-dealkylation sites (N-methyl/N-ethyl adjacent to an activating group) is 1. The summed E-state index contributed by atoms with van der Waals surface area (Å²) in [4.78, 5) is 27.6. The number of alkyl halides is 2. The Morgan fingerprint density at radius 2 is 1.86 bits per heavy atom. The summed E-state index contributed by atoms with van der Waals surface area (Å²) in [7, 11) is 1.90. The zero-order chi connectivity index (χ0) is 20.2. The number of aromatic nitrogens is 1. The van der Waals surface area contributed by atoms with Crippen molar-refractivity contribution in [1.29, 1.82) is 0 Å². The van der Waals surface area contributed by atoms with Gasteiger partial charge in [0.2, 0.25) is 5.43 Å². The summed E-state index contributed by atoms with van der Waals surface area (Å²) in [5, 5.41) is 9.01. The van der Waals surface area contributed by atoms with Crippen LogP contribution in [0.4, 0.5) is 18.9 Å². The largest absolute Gasteiger partial charge is 0.477 e. The number of benzene rings is 1. The van der Waals surface area contributed by atoms with E-state index in [1.54, 1.807) is 4.90 Å². The van der Waals surface area contributed by atoms with Crippen LogP contribution in [-0.2, 0) is 0 Å². The van der Waals surface area contributed by atoms with Gasteiger partial charge in [0.15, 0.2) is 0 Å². The quantitative estimate of drug-likeness (QED) is 0.863. The molecule has 0 amide bonds. The van der Waals surface area contributed by atoms with E-state index in [9.17, 15) is 27.9 Å². The molecule has 4 rings (SSSR count). The van der Waals surface area contributed by atoms with E-state index in [0.29, 0.717) is 39.0 Å². The van der Waals surface area contributed by atoms with Crippen molar-refractivity contribution in [2.75, 3.05) is 38.1 Å². The number of fused-ring (bicyclic) bond motifs is 1. The fourth-order valence-electron chi connectivity index (χ4n) is 3.86. The van der Waals surface area contributed by atoms with Gasteiger partial charge < -0.3 is 19.5 Å². The Morgan fingerprint density at radius 3 is 2.39 bits per heavy atom. The number of pyridine rings is 1. The number of hydrogen-bond donors (Lipinski definition) is 1. The lowest BCUT2D eigenvalue weighted by atomic mass is 10.0. The lowest BCUT2D eigenvalue weighted by Crippen LogP contribution is -2.45. The van der Waals surface area contributed by atoms with Crippen LogP contribution in [0.25, 0.3) is 10.9 Å². The molecule has 0 bridgehead atoms. The molecule has 0 radical (unpaired) electrons. The number of nitrogens with zero attached hydrogens (tertiary/aromatic N) is 3. The van der Waals surface area contributed by atoms with E-state index < -0.39 is 34.8 Å². The monoisotopic (exact) mass is 395 g/mol. The molecular formula is C19H20F3N3O3. The van der Waals surface area contributed by atoms with E-state index in [4.69, 9.17) is 0 Å². The van der Waals surface area contributed by atoms with Crippen molar-refractivity contribution >= 4 is 22.6 Å². The first-order valence-electron chi connectivity index (χ1n) is 9.15. The fraction of sp³-hybridized carbons (Fsp3) is 0.474. The zero-order valence-electron chi connectivity index (χ0n) is 15.3. The van der Waals surface area contributed by atoms with Crippen LogP contribution in [-0.4, -0.2) is 53.8 Å². The molecule has 0 atom stereocenters. The van der Waals surface area contributed by atoms with Crippen LogP contribution in [0.5, 0.6) is 0 Å². The van der Waals surface area contributed by atoms with Gasteiger partial charge in [-0.15, -0.1) is 0 Å². The Bertz CT molecular complexity index is 1010. The summed E-state index contributed by atoms with van der Waals surface area (Å²) in [6, 6.07) is 0.757. The minimum Gasteiger partial charge on any atom is -0.477 e. The Kier molecular flexibility index (Phi) is 4.57. The third kappa shape index (κ3) is 3.03. The minimum atomic E-state index is -3.01. The summed E-state index contributed by atoms with van der Waals surface area (Å²) in [6.07, 6.45) is -0.489. The molecule has 1 saturated carbocycles. The van der Waals surface area contributed by atoms with Crippen molar-refractivity contribution in [3.63, 3.8) is 0 Å². The second kappa shape index (κ2) is 6.80. The first kappa shape index (κ1) is 18.8. The maximum absolute atomic E-state index is 15.0. The summed E-state index contributed by atoms with van der Waals surface area (Å²) < 4.78 is 44.8. The lowest BCUT2D eigenvalue weighted by Gasteiger charge is -2.35. The summed E-state index contributed by atoms with van der Waals surface area (Å²) in [5.74, 6) is -2.38. The molecule has 1 saturated heterocycles. The van der Waals surface area contributed by atoms with Gasteiger partial charge in [-0.1, -0.05) is 0 Å². The lowest BCUT2D eigenvalue weighted by molar-refractivity contribution is 0.0695. The smallest absolute Gasteiger partial charge is 0.341 e. The van der Waals surface area contributed by atoms with E-state index >= 15 is 0 Å². The highest BCUT2D eigenvalue weighted by Gasteiger charge is 2.33. The molecule has 0 spiro atoms. The molecule has 0 unspecified atom stereocenters. The number of anilines is 1. The summed E-state index contributed by atoms with van der Waals surface area (Å²) in [5.41, 5.74) is -2.24. The highest BCUT2D eigenvalue weighted by atomic mass is 19.3. The fourth-order valence-corrected chi connectivity index (χ4v) is 3.86. The van der Waals surface area contributed by atoms with Crippen molar-refractivity contribution in [1.82, 2.24) is 9.47 Å². The van der Waals surface area contributed by atoms with Gasteiger partial charge in [-0.3, -0.25) is 4.79 Å². The molecule has 1 aliphatic carbocycles. The molecule has 1 aromatic carbocycles. The molecule has 28 heavy (non-hydrogen) atoms. The third-order valence-corrected chi connectivity index (χ3v) is 5.49. The minimum absolute atomic E-state index is 0.0529. The number of aromatic carboxylic acids is 1. The molecule has 2 aromatic rings. The van der Waals surface area contributed by atoms with E-state index in [2.05, 4.69) is 0 Å². The average molecular weight is 395 g/mol. The molecule has 9 heteroatoms. The maximum atomic E-state index is 15.0. The van der Waals surface area contributed by atoms with Crippen LogP contribution < -0.4 is 10.3 Å². The predicted molar refractivity (Wildman–Crippen MR) is 98.1 cm³/mol. The number of carbonyl (C=O) groups is 1. The number of carboxylic acid groups (broad SMARTS) is 1. The van der Waals surface area contributed by atoms with Crippen molar-refractivity contribution in [3.8, 4) is 0 Å². The molecule has 2 fully saturated rings. The molecule has 6 nitrogen and oxygen atoms in total. The van der Waals surface area contributed by atoms with Gasteiger partial charge in [0.25, 0.3) is 6.43 Å². The molecule has 2 heterocycles. The van der Waals surface area contributed by atoms with Gasteiger partial charge in [-0.2, -0.15) is 0 Å². The summed E-state index contributed by atoms with van der Waals surface area (Å²) in [6.45, 7) is 1.99. The van der Waals surface area contributed by atoms with Gasteiger partial charge in [-0.05, 0) is 26.0 Å². The van der Waals surface area contributed by atoms with Crippen molar-refractivity contribution < 1.29 is 23.1 Å². The van der Waals surface area contributed by atoms with Crippen LogP contribution in [0.1, 0.15) is 41.2 Å². The van der Waals surface area contributed by atoms with Gasteiger partial charge in [0.05, 0.1) is 22.2 Å². The van der Waals surface area contributed by atoms with E-state index in [1.165, 1.54) is 4.57 Å². The second-order valence-electron chi connectivity index (χ2n) is 7.42. The SMILES string of the molecule is CN1CCN(c2c(F)cc3c(=O)c(C(=O)O)cn(C4CC4)c3c2C(F)F)CC1. The van der Waals surface area contributed by atoms with Crippen molar-refractivity contribution in [3.05, 3.63) is 39.4 Å². The van der Waals surface area contributed by atoms with Gasteiger partial charge >= 0.3 is 5.97 Å². The third-order valence-electron chi connectivity index (χ3n) is 5.49. The van der Waals surface area contributed by atoms with Crippen LogP contribution in [0, 0.1) is 5.82 Å². The predicted octanol–water partition coefficient (Wildman–Crippen LogP) is 2.86. The first-order chi connectivity index (χ1) is 13.3. The van der Waals surface area contributed by atoms with E-state index in [0.717, 1.165) is 12.3 Å². The van der Waals surface area contributed by atoms with Crippen molar-refractivity contribution in [2.45, 2.75) is 25.3 Å². The van der Waals surface area contributed by atoms with Gasteiger partial charge in [-0.25, -0.2) is 18.0 Å². The van der Waals surface area contributed by atoms with Crippen LogP contribution in [0.2, 0.25) is 0 Å². The normalized spacial score (nSPS) is 18.2. The number of hydrogen-bond acceptors (Lipinski definition) is 4. The Hall–Kier alpha value is -2.55. The zero-order valence-corrected chi connectivity index (χ0v) is 15.3. The Labute approximate surface area is 158 Å². The second-order valence-corrected chi connectivity index (χ2v) is 7.42. The van der Waals surface area contributed by atoms with Crippen LogP contribution in [0.15, 0.2) is 17.1 Å². The number of rotatable bonds is 4. The molecular weight excluding hydrogens is 375 g/mol. The standard InChI is InChI=1S/C19H20F3N3O3/c1-23-4-6-24(7-5-23)16-13(20)8-11-15(14(16)18(21)22)25(10-2-3-10)9-12(17(11)26)19(27)28/h8-10,18H,2-7H2,1H3,(H,27,28). The average Bonchev–Trinajstić information content (AvgIpc) is 3.47. The molecule has 1 N–H and O–H groups in total. The van der Waals surface area contributed by atoms with Gasteiger partial charge in [0.1, 0.15) is 11.4 Å². The van der Waals surface area contributed by atoms with Gasteiger partial charge in [0, 0.05) is 38.4 Å². The molecule has 1 aromatic heterocycles. The topological polar surface area (TPSA) is 65.8 Å². The van der Waals surface area contributed by atoms with Crippen LogP contribution >= 0.6 is 0 Å². The number of carboxylic acids is 1. The maximum Gasteiger partial charge on any atom is 0.341 e. The number of piperazine rings is 1. The van der Waals surface area contributed by atoms with Crippen molar-refractivity contribution in [2.24, 2.45) is 0 Å². The highest BCUT2D eigenvalue weighted by molar-refractivity contribution is 5.95. The van der Waals surface area contributed by atoms with E-state index in [1.807, 2.05) is 11.9 Å². The Morgan fingerprint density at radius 1 is 1.21 bits per heavy atom. The van der Waals surface area contributed by atoms with E-state index in [-0.39, 0.29) is 22.6 Å². The number of halogens is 3. The first-order valence-corrected chi connectivity index (χ1v) is 9.15.